The summed E-state index contributed by atoms with van der Waals surface area (Å²) >= 11 is 0. The first kappa shape index (κ1) is 14.8. The highest BCUT2D eigenvalue weighted by molar-refractivity contribution is 5.75. The van der Waals surface area contributed by atoms with Gasteiger partial charge in [0.2, 0.25) is 0 Å². The van der Waals surface area contributed by atoms with Gasteiger partial charge in [0.05, 0.1) is 29.6 Å². The molecule has 0 atom stereocenters. The summed E-state index contributed by atoms with van der Waals surface area (Å²) in [6.45, 7) is 0. The van der Waals surface area contributed by atoms with Gasteiger partial charge in [-0.15, -0.1) is 0 Å². The summed E-state index contributed by atoms with van der Waals surface area (Å²) < 4.78 is 38.9. The number of nitrogen functional groups attached to an aromatic ring is 1. The van der Waals surface area contributed by atoms with Gasteiger partial charge in [0.15, 0.2) is 0 Å². The maximum Gasteiger partial charge on any atom is 0.417 e. The first-order valence-electron chi connectivity index (χ1n) is 5.92. The Labute approximate surface area is 118 Å². The number of hydrogen-bond acceptors (Lipinski definition) is 3. The van der Waals surface area contributed by atoms with Gasteiger partial charge in [-0.3, -0.25) is 9.78 Å². The van der Waals surface area contributed by atoms with E-state index in [4.69, 9.17) is 10.8 Å². The second-order valence-corrected chi connectivity index (χ2v) is 4.38. The minimum absolute atomic E-state index is 0.0355. The molecule has 0 amide bonds. The highest BCUT2D eigenvalue weighted by Gasteiger charge is 2.33. The Balaban J connectivity index is 2.55. The van der Waals surface area contributed by atoms with E-state index in [1.807, 2.05) is 0 Å². The van der Waals surface area contributed by atoms with Crippen LogP contribution in [0.2, 0.25) is 0 Å². The van der Waals surface area contributed by atoms with Crippen molar-refractivity contribution >= 4 is 11.7 Å². The number of carbonyl (C=O) groups is 1. The van der Waals surface area contributed by atoms with E-state index >= 15 is 0 Å². The average Bonchev–Trinajstić information content (AvgIpc) is 2.40. The number of alkyl halides is 3. The minimum atomic E-state index is -4.52. The molecule has 0 radical (unpaired) electrons. The number of rotatable bonds is 3. The Morgan fingerprint density at radius 1 is 1.29 bits per heavy atom. The van der Waals surface area contributed by atoms with Crippen LogP contribution in [0.25, 0.3) is 11.3 Å². The standard InChI is InChI=1S/C14H11F3N2O2/c15-14(16,17)10-4-2-1-3-9(10)12-5-8(6-13(20)21)11(18)7-19-12/h1-5,7H,6,18H2,(H,20,21). The molecule has 1 aromatic carbocycles. The molecule has 0 bridgehead atoms. The third-order valence-electron chi connectivity index (χ3n) is 2.87. The van der Waals surface area contributed by atoms with Gasteiger partial charge in [0, 0.05) is 5.56 Å². The van der Waals surface area contributed by atoms with Crippen molar-refractivity contribution in [2.45, 2.75) is 12.6 Å². The number of aromatic nitrogens is 1. The van der Waals surface area contributed by atoms with Gasteiger partial charge < -0.3 is 10.8 Å². The van der Waals surface area contributed by atoms with E-state index in [1.54, 1.807) is 0 Å². The van der Waals surface area contributed by atoms with Crippen LogP contribution in [0.15, 0.2) is 36.5 Å². The quantitative estimate of drug-likeness (QED) is 0.913. The molecule has 0 aliphatic carbocycles. The predicted molar refractivity (Wildman–Crippen MR) is 70.4 cm³/mol. The SMILES string of the molecule is Nc1cnc(-c2ccccc2C(F)(F)F)cc1CC(=O)O. The molecule has 0 fully saturated rings. The largest absolute Gasteiger partial charge is 0.481 e. The molecule has 0 unspecified atom stereocenters. The number of nitrogens with zero attached hydrogens (tertiary/aromatic N) is 1. The summed E-state index contributed by atoms with van der Waals surface area (Å²) in [6.07, 6.45) is -3.73. The molecule has 7 heteroatoms. The van der Waals surface area contributed by atoms with Crippen LogP contribution >= 0.6 is 0 Å². The molecule has 0 saturated heterocycles. The summed E-state index contributed by atoms with van der Waals surface area (Å²) in [5.74, 6) is -1.12. The first-order chi connectivity index (χ1) is 9.79. The lowest BCUT2D eigenvalue weighted by Crippen LogP contribution is -2.08. The number of carboxylic acids is 1. The van der Waals surface area contributed by atoms with Crippen molar-refractivity contribution in [3.05, 3.63) is 47.7 Å². The minimum Gasteiger partial charge on any atom is -0.481 e. The molecule has 0 saturated carbocycles. The molecular weight excluding hydrogens is 285 g/mol. The van der Waals surface area contributed by atoms with Crippen molar-refractivity contribution in [1.82, 2.24) is 4.98 Å². The summed E-state index contributed by atoms with van der Waals surface area (Å²) in [7, 11) is 0. The van der Waals surface area contributed by atoms with Crippen LogP contribution in [0.3, 0.4) is 0 Å². The van der Waals surface area contributed by atoms with Crippen molar-refractivity contribution in [3.8, 4) is 11.3 Å². The van der Waals surface area contributed by atoms with Crippen molar-refractivity contribution in [3.63, 3.8) is 0 Å². The highest BCUT2D eigenvalue weighted by Crippen LogP contribution is 2.36. The van der Waals surface area contributed by atoms with Gasteiger partial charge in [-0.25, -0.2) is 0 Å². The zero-order valence-corrected chi connectivity index (χ0v) is 10.7. The third-order valence-corrected chi connectivity index (χ3v) is 2.87. The van der Waals surface area contributed by atoms with Crippen LogP contribution in [0, 0.1) is 0 Å². The molecule has 0 aliphatic rings. The van der Waals surface area contributed by atoms with Gasteiger partial charge in [0.1, 0.15) is 0 Å². The van der Waals surface area contributed by atoms with Crippen LogP contribution in [-0.4, -0.2) is 16.1 Å². The average molecular weight is 296 g/mol. The lowest BCUT2D eigenvalue weighted by atomic mass is 10.0. The van der Waals surface area contributed by atoms with Gasteiger partial charge >= 0.3 is 12.1 Å². The summed E-state index contributed by atoms with van der Waals surface area (Å²) in [6, 6.07) is 6.24. The Morgan fingerprint density at radius 2 is 1.95 bits per heavy atom. The second kappa shape index (κ2) is 5.43. The van der Waals surface area contributed by atoms with E-state index in [-0.39, 0.29) is 28.9 Å². The first-order valence-corrected chi connectivity index (χ1v) is 5.92. The monoisotopic (exact) mass is 296 g/mol. The Bertz CT molecular complexity index is 684. The number of nitrogens with two attached hydrogens (primary N) is 1. The van der Waals surface area contributed by atoms with E-state index in [0.717, 1.165) is 6.07 Å². The van der Waals surface area contributed by atoms with Crippen molar-refractivity contribution in [2.75, 3.05) is 5.73 Å². The van der Waals surface area contributed by atoms with E-state index < -0.39 is 17.7 Å². The highest BCUT2D eigenvalue weighted by atomic mass is 19.4. The Kier molecular flexibility index (Phi) is 3.84. The van der Waals surface area contributed by atoms with Gasteiger partial charge in [0.25, 0.3) is 0 Å². The molecule has 2 aromatic rings. The van der Waals surface area contributed by atoms with Crippen LogP contribution in [0.4, 0.5) is 18.9 Å². The molecule has 4 nitrogen and oxygen atoms in total. The molecule has 21 heavy (non-hydrogen) atoms. The zero-order chi connectivity index (χ0) is 15.6. The second-order valence-electron chi connectivity index (χ2n) is 4.38. The zero-order valence-electron chi connectivity index (χ0n) is 10.7. The number of carboxylic acid groups (broad SMARTS) is 1. The van der Waals surface area contributed by atoms with Crippen LogP contribution in [-0.2, 0) is 17.4 Å². The van der Waals surface area contributed by atoms with Crippen molar-refractivity contribution in [1.29, 1.82) is 0 Å². The Morgan fingerprint density at radius 3 is 2.57 bits per heavy atom. The van der Waals surface area contributed by atoms with E-state index in [9.17, 15) is 18.0 Å². The number of aliphatic carboxylic acids is 1. The van der Waals surface area contributed by atoms with E-state index in [0.29, 0.717) is 0 Å². The normalized spacial score (nSPS) is 11.4. The summed E-state index contributed by atoms with van der Waals surface area (Å²) in [5.41, 5.74) is 5.04. The predicted octanol–water partition coefficient (Wildman–Crippen LogP) is 2.98. The molecule has 0 spiro atoms. The number of benzene rings is 1. The molecule has 2 rings (SSSR count). The molecule has 0 aliphatic heterocycles. The van der Waals surface area contributed by atoms with Crippen molar-refractivity contribution in [2.24, 2.45) is 0 Å². The van der Waals surface area contributed by atoms with Gasteiger partial charge in [-0.05, 0) is 17.7 Å². The molecule has 3 N–H and O–H groups in total. The number of hydrogen-bond donors (Lipinski definition) is 2. The fraction of sp³-hybridized carbons (Fsp3) is 0.143. The molecule has 1 aromatic heterocycles. The molecule has 110 valence electrons. The maximum atomic E-state index is 13.0. The Hall–Kier alpha value is -2.57. The fourth-order valence-corrected chi connectivity index (χ4v) is 1.92. The van der Waals surface area contributed by atoms with Gasteiger partial charge in [-0.2, -0.15) is 13.2 Å². The molecule has 1 heterocycles. The number of pyridine rings is 1. The lowest BCUT2D eigenvalue weighted by Gasteiger charge is -2.13. The summed E-state index contributed by atoms with van der Waals surface area (Å²) in [4.78, 5) is 14.6. The van der Waals surface area contributed by atoms with E-state index in [2.05, 4.69) is 4.98 Å². The fourth-order valence-electron chi connectivity index (χ4n) is 1.92. The smallest absolute Gasteiger partial charge is 0.417 e. The maximum absolute atomic E-state index is 13.0. The van der Waals surface area contributed by atoms with Crippen LogP contribution in [0.1, 0.15) is 11.1 Å². The van der Waals surface area contributed by atoms with Crippen molar-refractivity contribution < 1.29 is 23.1 Å². The van der Waals surface area contributed by atoms with Crippen LogP contribution < -0.4 is 5.73 Å². The van der Waals surface area contributed by atoms with Gasteiger partial charge in [-0.1, -0.05) is 18.2 Å². The van der Waals surface area contributed by atoms with E-state index in [1.165, 1.54) is 30.5 Å². The third kappa shape index (κ3) is 3.31. The topological polar surface area (TPSA) is 76.2 Å². The molecular formula is C14H11F3N2O2. The van der Waals surface area contributed by atoms with Crippen LogP contribution in [0.5, 0.6) is 0 Å². The lowest BCUT2D eigenvalue weighted by molar-refractivity contribution is -0.137. The summed E-state index contributed by atoms with van der Waals surface area (Å²) in [5, 5.41) is 8.78. The number of anilines is 1. The number of halogens is 3.